The zero-order valence-corrected chi connectivity index (χ0v) is 29.8. The lowest BCUT2D eigenvalue weighted by Crippen LogP contribution is -2.39. The van der Waals surface area contributed by atoms with Crippen LogP contribution in [-0.4, -0.2) is 43.3 Å². The molecule has 14 nitrogen and oxygen atoms in total. The number of unbranched alkanes of at least 4 members (excludes halogenated alkanes) is 2. The molecule has 0 saturated heterocycles. The summed E-state index contributed by atoms with van der Waals surface area (Å²) in [6.07, 6.45) is 10.9. The number of ether oxygens (including phenoxy) is 1. The molecule has 17 heteroatoms. The third kappa shape index (κ3) is 9.36. The van der Waals surface area contributed by atoms with Crippen molar-refractivity contribution in [3.05, 3.63) is 119 Å². The lowest BCUT2D eigenvalue weighted by atomic mass is 10.3. The van der Waals surface area contributed by atoms with Gasteiger partial charge in [-0.2, -0.15) is 0 Å². The van der Waals surface area contributed by atoms with Crippen molar-refractivity contribution in [1.82, 2.24) is 38.2 Å². The molecular formula is C34H35BrF2N8O6. The van der Waals surface area contributed by atoms with Crippen LogP contribution in [0.3, 0.4) is 0 Å². The number of pyridine rings is 4. The molecule has 0 saturated carbocycles. The zero-order valence-electron chi connectivity index (χ0n) is 28.2. The summed E-state index contributed by atoms with van der Waals surface area (Å²) < 4.78 is 36.5. The van der Waals surface area contributed by atoms with Crippen molar-refractivity contribution >= 4 is 38.0 Å². The van der Waals surface area contributed by atoms with Gasteiger partial charge in [0, 0.05) is 43.9 Å². The Balaban J connectivity index is 0.000000194. The number of aromatic nitrogens is 8. The maximum atomic E-state index is 13.2. The molecule has 0 aliphatic heterocycles. The van der Waals surface area contributed by atoms with Crippen LogP contribution in [0.4, 0.5) is 8.78 Å². The maximum absolute atomic E-state index is 13.2. The van der Waals surface area contributed by atoms with Crippen LogP contribution < -0.4 is 27.2 Å². The van der Waals surface area contributed by atoms with Crippen molar-refractivity contribution in [3.63, 3.8) is 0 Å². The second-order valence-electron chi connectivity index (χ2n) is 11.2. The van der Waals surface area contributed by atoms with Crippen LogP contribution in [0.5, 0.6) is 17.2 Å². The summed E-state index contributed by atoms with van der Waals surface area (Å²) in [7, 11) is 3.13. The van der Waals surface area contributed by atoms with Gasteiger partial charge in [0.25, 0.3) is 11.1 Å². The standard InChI is InChI=1S/C17H17FN4O3.C12H15N3O3.C5H3BrFN/c1-3-4-5-22-16(23)14-7-13(10-20-15(14)21(2)17(22)24)25-12-6-11(18)8-19-9-12;1-3-4-5-15-11(17)9-6-8(16)7-13-10(9)14(2)12(15)18;6-4-1-5(7)3-8-2-4/h6-10H,3-5H2,1-2H3;6-7,16H,3-5H2,1-2H3;1-3H. The van der Waals surface area contributed by atoms with Crippen molar-refractivity contribution in [3.8, 4) is 17.2 Å². The zero-order chi connectivity index (χ0) is 37.2. The van der Waals surface area contributed by atoms with Crippen molar-refractivity contribution in [2.45, 2.75) is 52.6 Å². The minimum atomic E-state index is -0.532. The fourth-order valence-electron chi connectivity index (χ4n) is 4.79. The second kappa shape index (κ2) is 17.4. The van der Waals surface area contributed by atoms with Crippen molar-refractivity contribution in [1.29, 1.82) is 0 Å². The average Bonchev–Trinajstić information content (AvgIpc) is 3.10. The number of hydrogen-bond acceptors (Lipinski definition) is 10. The molecule has 6 aromatic rings. The summed E-state index contributed by atoms with van der Waals surface area (Å²) in [6.45, 7) is 4.70. The molecule has 51 heavy (non-hydrogen) atoms. The highest BCUT2D eigenvalue weighted by molar-refractivity contribution is 9.10. The topological polar surface area (TPSA) is 169 Å². The number of aromatic hydroxyl groups is 1. The van der Waals surface area contributed by atoms with E-state index in [-0.39, 0.29) is 50.8 Å². The van der Waals surface area contributed by atoms with Crippen molar-refractivity contribution in [2.24, 2.45) is 14.1 Å². The first kappa shape index (κ1) is 38.2. The van der Waals surface area contributed by atoms with E-state index in [0.717, 1.165) is 38.1 Å². The quantitative estimate of drug-likeness (QED) is 0.227. The average molecular weight is 770 g/mol. The van der Waals surface area contributed by atoms with Gasteiger partial charge in [-0.3, -0.25) is 37.8 Å². The van der Waals surface area contributed by atoms with E-state index in [0.29, 0.717) is 17.6 Å². The van der Waals surface area contributed by atoms with E-state index in [9.17, 15) is 33.1 Å². The maximum Gasteiger partial charge on any atom is 0.332 e. The Morgan fingerprint density at radius 3 is 1.67 bits per heavy atom. The third-order valence-electron chi connectivity index (χ3n) is 7.37. The van der Waals surface area contributed by atoms with Crippen LogP contribution in [0.1, 0.15) is 39.5 Å². The summed E-state index contributed by atoms with van der Waals surface area (Å²) in [4.78, 5) is 64.5. The van der Waals surface area contributed by atoms with E-state index in [4.69, 9.17) is 4.74 Å². The third-order valence-corrected chi connectivity index (χ3v) is 7.81. The number of rotatable bonds is 8. The Kier molecular flexibility index (Phi) is 13.0. The van der Waals surface area contributed by atoms with Crippen LogP contribution >= 0.6 is 15.9 Å². The van der Waals surface area contributed by atoms with Gasteiger partial charge in [0.05, 0.1) is 41.8 Å². The molecule has 0 aliphatic rings. The molecule has 0 radical (unpaired) electrons. The normalized spacial score (nSPS) is 10.7. The van der Waals surface area contributed by atoms with Gasteiger partial charge in [0.15, 0.2) is 0 Å². The van der Waals surface area contributed by atoms with E-state index < -0.39 is 22.6 Å². The van der Waals surface area contributed by atoms with Gasteiger partial charge in [-0.15, -0.1) is 0 Å². The Morgan fingerprint density at radius 1 is 0.686 bits per heavy atom. The van der Waals surface area contributed by atoms with Crippen LogP contribution in [0, 0.1) is 11.6 Å². The molecule has 0 amide bonds. The predicted molar refractivity (Wildman–Crippen MR) is 190 cm³/mol. The highest BCUT2D eigenvalue weighted by Crippen LogP contribution is 2.22. The summed E-state index contributed by atoms with van der Waals surface area (Å²) >= 11 is 3.06. The van der Waals surface area contributed by atoms with E-state index in [1.807, 2.05) is 13.8 Å². The predicted octanol–water partition coefficient (Wildman–Crippen LogP) is 4.81. The van der Waals surface area contributed by atoms with E-state index >= 15 is 0 Å². The number of nitrogens with zero attached hydrogens (tertiary/aromatic N) is 8. The molecule has 268 valence electrons. The Labute approximate surface area is 297 Å². The first-order valence-electron chi connectivity index (χ1n) is 15.8. The number of fused-ring (bicyclic) bond motifs is 2. The van der Waals surface area contributed by atoms with Gasteiger partial charge in [0.1, 0.15) is 40.2 Å². The highest BCUT2D eigenvalue weighted by Gasteiger charge is 2.14. The molecule has 6 rings (SSSR count). The fourth-order valence-corrected chi connectivity index (χ4v) is 5.13. The summed E-state index contributed by atoms with van der Waals surface area (Å²) in [6, 6.07) is 5.37. The minimum absolute atomic E-state index is 0.0831. The molecule has 0 spiro atoms. The molecule has 6 aromatic heterocycles. The monoisotopic (exact) mass is 768 g/mol. The van der Waals surface area contributed by atoms with Gasteiger partial charge in [-0.1, -0.05) is 26.7 Å². The summed E-state index contributed by atoms with van der Waals surface area (Å²) in [5.74, 6) is -0.481. The van der Waals surface area contributed by atoms with Crippen LogP contribution in [0.2, 0.25) is 0 Å². The molecular weight excluding hydrogens is 734 g/mol. The van der Waals surface area contributed by atoms with E-state index in [2.05, 4.69) is 35.9 Å². The smallest absolute Gasteiger partial charge is 0.332 e. The first-order valence-corrected chi connectivity index (χ1v) is 16.6. The molecule has 0 aromatic carbocycles. The van der Waals surface area contributed by atoms with Crippen molar-refractivity contribution < 1.29 is 18.6 Å². The van der Waals surface area contributed by atoms with Crippen molar-refractivity contribution in [2.75, 3.05) is 0 Å². The number of hydrogen-bond donors (Lipinski definition) is 1. The van der Waals surface area contributed by atoms with E-state index in [1.54, 1.807) is 14.1 Å². The SMILES string of the molecule is CCCCn1c(=O)c2cc(O)cnc2n(C)c1=O.CCCCn1c(=O)c2cc(Oc3cncc(F)c3)cnc2n(C)c1=O.Fc1cncc(Br)c1. The van der Waals surface area contributed by atoms with Crippen LogP contribution in [0.25, 0.3) is 22.1 Å². The Hall–Kier alpha value is -5.58. The lowest BCUT2D eigenvalue weighted by Gasteiger charge is -2.11. The van der Waals surface area contributed by atoms with Gasteiger partial charge < -0.3 is 9.84 Å². The molecule has 0 aliphatic carbocycles. The van der Waals surface area contributed by atoms with Crippen LogP contribution in [-0.2, 0) is 27.2 Å². The Morgan fingerprint density at radius 2 is 1.18 bits per heavy atom. The largest absolute Gasteiger partial charge is 0.506 e. The summed E-state index contributed by atoms with van der Waals surface area (Å²) in [5.41, 5.74) is -1.03. The lowest BCUT2D eigenvalue weighted by molar-refractivity contribution is 0.471. The number of aryl methyl sites for hydroxylation is 2. The minimum Gasteiger partial charge on any atom is -0.506 e. The van der Waals surface area contributed by atoms with Gasteiger partial charge >= 0.3 is 11.4 Å². The molecule has 0 atom stereocenters. The van der Waals surface area contributed by atoms with Gasteiger partial charge in [-0.25, -0.2) is 28.3 Å². The molecule has 0 unspecified atom stereocenters. The highest BCUT2D eigenvalue weighted by atomic mass is 79.9. The molecule has 1 N–H and O–H groups in total. The molecule has 6 heterocycles. The molecule has 0 bridgehead atoms. The summed E-state index contributed by atoms with van der Waals surface area (Å²) in [5, 5.41) is 9.91. The second-order valence-corrected chi connectivity index (χ2v) is 12.1. The van der Waals surface area contributed by atoms with Gasteiger partial charge in [-0.05, 0) is 47.0 Å². The van der Waals surface area contributed by atoms with Gasteiger partial charge in [0.2, 0.25) is 0 Å². The van der Waals surface area contributed by atoms with E-state index in [1.165, 1.54) is 67.3 Å². The first-order chi connectivity index (χ1) is 24.4. The number of halogens is 3. The fraction of sp³-hybridized carbons (Fsp3) is 0.294. The van der Waals surface area contributed by atoms with Crippen LogP contribution in [0.15, 0.2) is 85.1 Å². The Bertz CT molecular complexity index is 2390. The molecule has 0 fully saturated rings.